The average Bonchev–Trinajstić information content (AvgIpc) is 2.45. The van der Waals surface area contributed by atoms with E-state index in [0.29, 0.717) is 5.56 Å². The van der Waals surface area contributed by atoms with Crippen LogP contribution < -0.4 is 0 Å². The van der Waals surface area contributed by atoms with Crippen molar-refractivity contribution in [3.8, 4) is 0 Å². The van der Waals surface area contributed by atoms with Crippen LogP contribution in [-0.4, -0.2) is 5.24 Å². The lowest BCUT2D eigenvalue weighted by Crippen LogP contribution is -1.91. The van der Waals surface area contributed by atoms with E-state index in [2.05, 4.69) is 0 Å². The number of carbonyl (C=O) groups is 1. The van der Waals surface area contributed by atoms with Crippen molar-refractivity contribution in [1.82, 2.24) is 0 Å². The zero-order chi connectivity index (χ0) is 13.5. The highest BCUT2D eigenvalue weighted by Gasteiger charge is 2.04. The molecule has 0 fully saturated rings. The molecule has 0 aliphatic carbocycles. The van der Waals surface area contributed by atoms with Crippen LogP contribution in [-0.2, 0) is 0 Å². The lowest BCUT2D eigenvalue weighted by Gasteiger charge is -1.98. The summed E-state index contributed by atoms with van der Waals surface area (Å²) in [5, 5.41) is -0.438. The summed E-state index contributed by atoms with van der Waals surface area (Å²) in [7, 11) is 0. The molecule has 0 bridgehead atoms. The molecule has 2 aromatic rings. The first kappa shape index (κ1) is 13.3. The van der Waals surface area contributed by atoms with Gasteiger partial charge < -0.3 is 0 Å². The maximum absolute atomic E-state index is 11.2. The van der Waals surface area contributed by atoms with Gasteiger partial charge in [-0.05, 0) is 28.8 Å². The summed E-state index contributed by atoms with van der Waals surface area (Å²) < 4.78 is 0. The van der Waals surface area contributed by atoms with Gasteiger partial charge in [0.2, 0.25) is 0 Å². The summed E-state index contributed by atoms with van der Waals surface area (Å²) >= 11 is 5.53. The molecule has 0 spiro atoms. The summed E-state index contributed by atoms with van der Waals surface area (Å²) in [4.78, 5) is 11.2. The third-order valence-electron chi connectivity index (χ3n) is 2.65. The van der Waals surface area contributed by atoms with Crippen LogP contribution >= 0.6 is 11.6 Å². The van der Waals surface area contributed by atoms with Crippen molar-refractivity contribution in [2.45, 2.75) is 0 Å². The van der Waals surface area contributed by atoms with Crippen LogP contribution in [0.3, 0.4) is 0 Å². The molecule has 1 nitrogen and oxygen atoms in total. The third kappa shape index (κ3) is 3.94. The largest absolute Gasteiger partial charge is 0.276 e. The SMILES string of the molecule is O=C(Cl)c1ccccc1C=CC=Cc1ccccc1. The van der Waals surface area contributed by atoms with Gasteiger partial charge in [0.15, 0.2) is 0 Å². The number of carbonyl (C=O) groups excluding carboxylic acids is 1. The zero-order valence-corrected chi connectivity index (χ0v) is 11.0. The van der Waals surface area contributed by atoms with E-state index >= 15 is 0 Å². The number of hydrogen-bond donors (Lipinski definition) is 0. The Kier molecular flexibility index (Phi) is 4.71. The fraction of sp³-hybridized carbons (Fsp3) is 0. The van der Waals surface area contributed by atoms with Gasteiger partial charge in [-0.1, -0.05) is 72.8 Å². The standard InChI is InChI=1S/C17H13ClO/c18-17(19)16-13-7-6-12-15(16)11-5-4-10-14-8-2-1-3-9-14/h1-13H. The molecule has 0 heterocycles. The predicted molar refractivity (Wildman–Crippen MR) is 81.1 cm³/mol. The van der Waals surface area contributed by atoms with Gasteiger partial charge in [-0.2, -0.15) is 0 Å². The van der Waals surface area contributed by atoms with E-state index in [-0.39, 0.29) is 0 Å². The number of allylic oxidation sites excluding steroid dienone is 2. The molecule has 0 saturated heterocycles. The molecule has 0 unspecified atom stereocenters. The van der Waals surface area contributed by atoms with E-state index in [0.717, 1.165) is 11.1 Å². The monoisotopic (exact) mass is 268 g/mol. The van der Waals surface area contributed by atoms with Gasteiger partial charge in [0.25, 0.3) is 5.24 Å². The number of halogens is 1. The Labute approximate surface area is 117 Å². The van der Waals surface area contributed by atoms with Crippen LogP contribution in [0.15, 0.2) is 66.7 Å². The van der Waals surface area contributed by atoms with Gasteiger partial charge in [0.1, 0.15) is 0 Å². The van der Waals surface area contributed by atoms with Crippen molar-refractivity contribution in [3.63, 3.8) is 0 Å². The van der Waals surface area contributed by atoms with Crippen molar-refractivity contribution >= 4 is 29.0 Å². The molecule has 2 rings (SSSR count). The summed E-state index contributed by atoms with van der Waals surface area (Å²) in [5.74, 6) is 0. The van der Waals surface area contributed by atoms with Crippen molar-refractivity contribution in [2.24, 2.45) is 0 Å². The quantitative estimate of drug-likeness (QED) is 0.575. The van der Waals surface area contributed by atoms with Crippen LogP contribution in [0.2, 0.25) is 0 Å². The van der Waals surface area contributed by atoms with Crippen LogP contribution in [0.4, 0.5) is 0 Å². The topological polar surface area (TPSA) is 17.1 Å². The minimum absolute atomic E-state index is 0.438. The first-order valence-electron chi connectivity index (χ1n) is 5.96. The van der Waals surface area contributed by atoms with Gasteiger partial charge in [-0.3, -0.25) is 4.79 Å². The third-order valence-corrected chi connectivity index (χ3v) is 2.85. The zero-order valence-electron chi connectivity index (χ0n) is 10.3. The van der Waals surface area contributed by atoms with E-state index in [4.69, 9.17) is 11.6 Å². The Hall–Kier alpha value is -2.12. The Morgan fingerprint density at radius 1 is 0.842 bits per heavy atom. The first-order chi connectivity index (χ1) is 9.27. The van der Waals surface area contributed by atoms with E-state index < -0.39 is 5.24 Å². The van der Waals surface area contributed by atoms with Crippen molar-refractivity contribution < 1.29 is 4.79 Å². The molecule has 0 N–H and O–H groups in total. The second-order valence-corrected chi connectivity index (χ2v) is 4.33. The summed E-state index contributed by atoms with van der Waals surface area (Å²) in [6, 6.07) is 17.3. The van der Waals surface area contributed by atoms with Crippen molar-refractivity contribution in [1.29, 1.82) is 0 Å². The van der Waals surface area contributed by atoms with Crippen LogP contribution in [0.5, 0.6) is 0 Å². The molecule has 94 valence electrons. The maximum Gasteiger partial charge on any atom is 0.252 e. The minimum atomic E-state index is -0.438. The Bertz CT molecular complexity index is 612. The van der Waals surface area contributed by atoms with Crippen molar-refractivity contribution in [2.75, 3.05) is 0 Å². The lowest BCUT2D eigenvalue weighted by molar-refractivity contribution is 0.108. The maximum atomic E-state index is 11.2. The molecule has 0 atom stereocenters. The molecular formula is C17H13ClO. The Morgan fingerprint density at radius 2 is 1.47 bits per heavy atom. The summed E-state index contributed by atoms with van der Waals surface area (Å²) in [6.07, 6.45) is 7.70. The molecule has 0 aliphatic heterocycles. The fourth-order valence-corrected chi connectivity index (χ4v) is 1.88. The first-order valence-corrected chi connectivity index (χ1v) is 6.34. The fourth-order valence-electron chi connectivity index (χ4n) is 1.71. The van der Waals surface area contributed by atoms with E-state index in [1.54, 1.807) is 12.1 Å². The Morgan fingerprint density at radius 3 is 2.21 bits per heavy atom. The van der Waals surface area contributed by atoms with Crippen LogP contribution in [0, 0.1) is 0 Å². The highest BCUT2D eigenvalue weighted by Crippen LogP contribution is 2.13. The summed E-state index contributed by atoms with van der Waals surface area (Å²) in [5.41, 5.74) is 2.47. The summed E-state index contributed by atoms with van der Waals surface area (Å²) in [6.45, 7) is 0. The average molecular weight is 269 g/mol. The van der Waals surface area contributed by atoms with Crippen molar-refractivity contribution in [3.05, 3.63) is 83.4 Å². The van der Waals surface area contributed by atoms with Crippen LogP contribution in [0.1, 0.15) is 21.5 Å². The molecule has 0 aliphatic rings. The molecular weight excluding hydrogens is 256 g/mol. The highest BCUT2D eigenvalue weighted by atomic mass is 35.5. The van der Waals surface area contributed by atoms with Gasteiger partial charge >= 0.3 is 0 Å². The van der Waals surface area contributed by atoms with E-state index in [9.17, 15) is 4.79 Å². The number of rotatable bonds is 4. The van der Waals surface area contributed by atoms with Gasteiger partial charge in [0, 0.05) is 5.56 Å². The van der Waals surface area contributed by atoms with Gasteiger partial charge in [-0.15, -0.1) is 0 Å². The lowest BCUT2D eigenvalue weighted by atomic mass is 10.1. The Balaban J connectivity index is 2.12. The second kappa shape index (κ2) is 6.72. The number of hydrogen-bond acceptors (Lipinski definition) is 1. The minimum Gasteiger partial charge on any atom is -0.276 e. The smallest absolute Gasteiger partial charge is 0.252 e. The number of benzene rings is 2. The second-order valence-electron chi connectivity index (χ2n) is 3.99. The molecule has 0 radical (unpaired) electrons. The molecule has 19 heavy (non-hydrogen) atoms. The molecule has 0 amide bonds. The van der Waals surface area contributed by atoms with Gasteiger partial charge in [0.05, 0.1) is 0 Å². The molecule has 2 aromatic carbocycles. The van der Waals surface area contributed by atoms with Gasteiger partial charge in [-0.25, -0.2) is 0 Å². The van der Waals surface area contributed by atoms with E-state index in [1.807, 2.05) is 66.8 Å². The predicted octanol–water partition coefficient (Wildman–Crippen LogP) is 4.79. The van der Waals surface area contributed by atoms with Crippen LogP contribution in [0.25, 0.3) is 12.2 Å². The molecule has 0 aromatic heterocycles. The molecule has 0 saturated carbocycles. The highest BCUT2D eigenvalue weighted by molar-refractivity contribution is 6.68. The van der Waals surface area contributed by atoms with E-state index in [1.165, 1.54) is 0 Å². The molecule has 2 heteroatoms. The normalized spacial score (nSPS) is 11.2.